The van der Waals surface area contributed by atoms with Crippen molar-refractivity contribution in [1.29, 1.82) is 0 Å². The summed E-state index contributed by atoms with van der Waals surface area (Å²) in [5.74, 6) is -0.985. The van der Waals surface area contributed by atoms with E-state index < -0.39 is 12.0 Å². The number of urea groups is 1. The number of pyridine rings is 1. The molecule has 1 saturated heterocycles. The molecule has 1 fully saturated rings. The Bertz CT molecular complexity index is 486. The van der Waals surface area contributed by atoms with Crippen molar-refractivity contribution in [3.8, 4) is 0 Å². The van der Waals surface area contributed by atoms with Gasteiger partial charge in [-0.2, -0.15) is 0 Å². The average molecular weight is 263 g/mol. The first-order valence-corrected chi connectivity index (χ1v) is 6.22. The molecule has 0 aliphatic carbocycles. The molecule has 1 aliphatic heterocycles. The first-order chi connectivity index (χ1) is 8.99. The molecular weight excluding hydrogens is 246 g/mol. The molecule has 2 atom stereocenters. The van der Waals surface area contributed by atoms with E-state index in [1.54, 1.807) is 18.3 Å². The molecular formula is C13H17N3O3. The second kappa shape index (κ2) is 5.26. The van der Waals surface area contributed by atoms with Gasteiger partial charge in [0.05, 0.1) is 11.9 Å². The third kappa shape index (κ3) is 2.83. The standard InChI is InChI=1S/C13H17N3O3/c1-8-5-6-16(11(8)12(17)18)13(19)15-10-4-3-9(2)14-7-10/h3-4,7-8,11H,5-6H2,1-2H3,(H,15,19)(H,17,18). The van der Waals surface area contributed by atoms with Crippen LogP contribution in [0.1, 0.15) is 19.0 Å². The Morgan fingerprint density at radius 3 is 2.79 bits per heavy atom. The van der Waals surface area contributed by atoms with Gasteiger partial charge in [0.25, 0.3) is 0 Å². The lowest BCUT2D eigenvalue weighted by Gasteiger charge is -2.23. The fourth-order valence-corrected chi connectivity index (χ4v) is 2.29. The molecule has 1 aromatic rings. The van der Waals surface area contributed by atoms with Crippen molar-refractivity contribution >= 4 is 17.7 Å². The molecule has 6 nitrogen and oxygen atoms in total. The number of likely N-dealkylation sites (tertiary alicyclic amines) is 1. The first-order valence-electron chi connectivity index (χ1n) is 6.22. The molecule has 0 bridgehead atoms. The number of aromatic nitrogens is 1. The Labute approximate surface area is 111 Å². The molecule has 2 N–H and O–H groups in total. The molecule has 0 spiro atoms. The molecule has 19 heavy (non-hydrogen) atoms. The van der Waals surface area contributed by atoms with Crippen molar-refractivity contribution in [2.45, 2.75) is 26.3 Å². The monoisotopic (exact) mass is 263 g/mol. The quantitative estimate of drug-likeness (QED) is 0.851. The van der Waals surface area contributed by atoms with Crippen LogP contribution in [0.4, 0.5) is 10.5 Å². The lowest BCUT2D eigenvalue weighted by Crippen LogP contribution is -2.44. The lowest BCUT2D eigenvalue weighted by molar-refractivity contribution is -0.142. The van der Waals surface area contributed by atoms with Crippen molar-refractivity contribution in [1.82, 2.24) is 9.88 Å². The number of nitrogens with one attached hydrogen (secondary N) is 1. The van der Waals surface area contributed by atoms with Crippen LogP contribution in [-0.4, -0.2) is 39.6 Å². The maximum atomic E-state index is 12.1. The van der Waals surface area contributed by atoms with Gasteiger partial charge in [-0.05, 0) is 31.4 Å². The van der Waals surface area contributed by atoms with Gasteiger partial charge in [-0.25, -0.2) is 9.59 Å². The molecule has 1 aromatic heterocycles. The average Bonchev–Trinajstić information content (AvgIpc) is 2.74. The number of hydrogen-bond donors (Lipinski definition) is 2. The number of anilines is 1. The van der Waals surface area contributed by atoms with Crippen LogP contribution in [0.2, 0.25) is 0 Å². The Kier molecular flexibility index (Phi) is 3.69. The number of amides is 2. The van der Waals surface area contributed by atoms with Gasteiger partial charge in [0.2, 0.25) is 0 Å². The normalized spacial score (nSPS) is 22.3. The Morgan fingerprint density at radius 2 is 2.21 bits per heavy atom. The van der Waals surface area contributed by atoms with Crippen LogP contribution in [0.5, 0.6) is 0 Å². The summed E-state index contributed by atoms with van der Waals surface area (Å²) in [6, 6.07) is 2.40. The van der Waals surface area contributed by atoms with E-state index in [0.717, 1.165) is 5.69 Å². The second-order valence-electron chi connectivity index (χ2n) is 4.86. The van der Waals surface area contributed by atoms with Crippen LogP contribution >= 0.6 is 0 Å². The van der Waals surface area contributed by atoms with Gasteiger partial charge < -0.3 is 15.3 Å². The summed E-state index contributed by atoms with van der Waals surface area (Å²) >= 11 is 0. The van der Waals surface area contributed by atoms with E-state index in [4.69, 9.17) is 0 Å². The number of rotatable bonds is 2. The largest absolute Gasteiger partial charge is 0.480 e. The second-order valence-corrected chi connectivity index (χ2v) is 4.86. The van der Waals surface area contributed by atoms with Crippen LogP contribution in [0, 0.1) is 12.8 Å². The molecule has 0 radical (unpaired) electrons. The summed E-state index contributed by atoms with van der Waals surface area (Å²) in [7, 11) is 0. The molecule has 6 heteroatoms. The van der Waals surface area contributed by atoms with E-state index in [9.17, 15) is 14.7 Å². The van der Waals surface area contributed by atoms with Crippen LogP contribution in [-0.2, 0) is 4.79 Å². The number of aryl methyl sites for hydroxylation is 1. The molecule has 2 rings (SSSR count). The highest BCUT2D eigenvalue weighted by atomic mass is 16.4. The minimum atomic E-state index is -0.956. The van der Waals surface area contributed by atoms with Crippen molar-refractivity contribution in [2.24, 2.45) is 5.92 Å². The maximum Gasteiger partial charge on any atom is 0.326 e. The highest BCUT2D eigenvalue weighted by Crippen LogP contribution is 2.24. The van der Waals surface area contributed by atoms with E-state index in [0.29, 0.717) is 18.7 Å². The number of carboxylic acid groups (broad SMARTS) is 1. The van der Waals surface area contributed by atoms with E-state index in [1.807, 2.05) is 13.8 Å². The molecule has 2 heterocycles. The summed E-state index contributed by atoms with van der Waals surface area (Å²) in [5, 5.41) is 11.8. The number of carboxylic acids is 1. The SMILES string of the molecule is Cc1ccc(NC(=O)N2CCC(C)C2C(=O)O)cn1. The van der Waals surface area contributed by atoms with Gasteiger partial charge in [0.15, 0.2) is 0 Å². The van der Waals surface area contributed by atoms with Crippen LogP contribution in [0.3, 0.4) is 0 Å². The Balaban J connectivity index is 2.07. The highest BCUT2D eigenvalue weighted by molar-refractivity contribution is 5.92. The Morgan fingerprint density at radius 1 is 1.47 bits per heavy atom. The molecule has 102 valence electrons. The van der Waals surface area contributed by atoms with Gasteiger partial charge in [-0.1, -0.05) is 6.92 Å². The predicted octanol–water partition coefficient (Wildman–Crippen LogP) is 1.72. The summed E-state index contributed by atoms with van der Waals surface area (Å²) in [6.07, 6.45) is 2.26. The van der Waals surface area contributed by atoms with Crippen LogP contribution in [0.25, 0.3) is 0 Å². The molecule has 2 unspecified atom stereocenters. The fourth-order valence-electron chi connectivity index (χ4n) is 2.29. The lowest BCUT2D eigenvalue weighted by atomic mass is 10.0. The zero-order chi connectivity index (χ0) is 14.0. The van der Waals surface area contributed by atoms with Gasteiger partial charge in [-0.15, -0.1) is 0 Å². The van der Waals surface area contributed by atoms with Crippen molar-refractivity contribution in [3.63, 3.8) is 0 Å². The van der Waals surface area contributed by atoms with Crippen molar-refractivity contribution in [3.05, 3.63) is 24.0 Å². The van der Waals surface area contributed by atoms with Gasteiger partial charge in [-0.3, -0.25) is 4.98 Å². The zero-order valence-corrected chi connectivity index (χ0v) is 11.0. The van der Waals surface area contributed by atoms with Crippen LogP contribution in [0.15, 0.2) is 18.3 Å². The molecule has 1 aliphatic rings. The van der Waals surface area contributed by atoms with Crippen LogP contribution < -0.4 is 5.32 Å². The van der Waals surface area contributed by atoms with Gasteiger partial charge in [0, 0.05) is 12.2 Å². The number of carbonyl (C=O) groups excluding carboxylic acids is 1. The van der Waals surface area contributed by atoms with E-state index in [1.165, 1.54) is 4.90 Å². The summed E-state index contributed by atoms with van der Waals surface area (Å²) < 4.78 is 0. The van der Waals surface area contributed by atoms with E-state index in [-0.39, 0.29) is 11.9 Å². The van der Waals surface area contributed by atoms with Gasteiger partial charge in [0.1, 0.15) is 6.04 Å². The van der Waals surface area contributed by atoms with Crippen molar-refractivity contribution in [2.75, 3.05) is 11.9 Å². The number of aliphatic carboxylic acids is 1. The van der Waals surface area contributed by atoms with Crippen molar-refractivity contribution < 1.29 is 14.7 Å². The smallest absolute Gasteiger partial charge is 0.326 e. The number of hydrogen-bond acceptors (Lipinski definition) is 3. The third-order valence-corrected chi connectivity index (χ3v) is 3.38. The minimum Gasteiger partial charge on any atom is -0.480 e. The highest BCUT2D eigenvalue weighted by Gasteiger charge is 2.39. The first kappa shape index (κ1) is 13.3. The van der Waals surface area contributed by atoms with Gasteiger partial charge >= 0.3 is 12.0 Å². The number of nitrogens with zero attached hydrogens (tertiary/aromatic N) is 2. The zero-order valence-electron chi connectivity index (χ0n) is 11.0. The predicted molar refractivity (Wildman–Crippen MR) is 69.9 cm³/mol. The number of carbonyl (C=O) groups is 2. The topological polar surface area (TPSA) is 82.5 Å². The summed E-state index contributed by atoms with van der Waals surface area (Å²) in [4.78, 5) is 28.7. The third-order valence-electron chi connectivity index (χ3n) is 3.38. The van der Waals surface area contributed by atoms with E-state index in [2.05, 4.69) is 10.3 Å². The maximum absolute atomic E-state index is 12.1. The Hall–Kier alpha value is -2.11. The molecule has 0 saturated carbocycles. The summed E-state index contributed by atoms with van der Waals surface area (Å²) in [5.41, 5.74) is 1.43. The molecule has 0 aromatic carbocycles. The minimum absolute atomic E-state index is 0.0283. The fraction of sp³-hybridized carbons (Fsp3) is 0.462. The summed E-state index contributed by atoms with van der Waals surface area (Å²) in [6.45, 7) is 4.16. The van der Waals surface area contributed by atoms with E-state index >= 15 is 0 Å². The molecule has 2 amide bonds.